The van der Waals surface area contributed by atoms with Gasteiger partial charge in [0.15, 0.2) is 0 Å². The van der Waals surface area contributed by atoms with Crippen LogP contribution >= 0.6 is 0 Å². The number of carbonyl (C=O) groups excluding carboxylic acids is 2. The zero-order chi connectivity index (χ0) is 14.0. The first-order valence-electron chi connectivity index (χ1n) is 5.42. The lowest BCUT2D eigenvalue weighted by atomic mass is 10.3. The first kappa shape index (κ1) is 12.7. The molecule has 1 aliphatic rings. The van der Waals surface area contributed by atoms with E-state index in [0.29, 0.717) is 5.82 Å². The smallest absolute Gasteiger partial charge is 0.311 e. The van der Waals surface area contributed by atoms with E-state index in [-0.39, 0.29) is 24.6 Å². The molecule has 0 radical (unpaired) electrons. The minimum atomic E-state index is -0.598. The predicted octanol–water partition coefficient (Wildman–Crippen LogP) is -0.506. The van der Waals surface area contributed by atoms with Gasteiger partial charge in [-0.05, 0) is 6.07 Å². The Bertz CT molecular complexity index is 543. The van der Waals surface area contributed by atoms with Gasteiger partial charge < -0.3 is 10.2 Å². The maximum absolute atomic E-state index is 11.3. The maximum Gasteiger partial charge on any atom is 0.311 e. The second-order valence-corrected chi connectivity index (χ2v) is 3.87. The van der Waals surface area contributed by atoms with E-state index in [2.05, 4.69) is 15.6 Å². The fourth-order valence-electron chi connectivity index (χ4n) is 1.74. The van der Waals surface area contributed by atoms with Gasteiger partial charge in [0.25, 0.3) is 0 Å². The summed E-state index contributed by atoms with van der Waals surface area (Å²) < 4.78 is 0. The van der Waals surface area contributed by atoms with E-state index in [9.17, 15) is 19.7 Å². The van der Waals surface area contributed by atoms with Gasteiger partial charge in [0.05, 0.1) is 18.0 Å². The van der Waals surface area contributed by atoms with Crippen LogP contribution in [0.2, 0.25) is 0 Å². The summed E-state index contributed by atoms with van der Waals surface area (Å²) in [4.78, 5) is 38.3. The third-order valence-corrected chi connectivity index (χ3v) is 2.55. The molecule has 2 N–H and O–H groups in total. The Morgan fingerprint density at radius 1 is 1.37 bits per heavy atom. The third-order valence-electron chi connectivity index (χ3n) is 2.55. The molecular formula is C10H11N5O4. The first-order valence-corrected chi connectivity index (χ1v) is 5.42. The molecule has 1 aromatic rings. The average Bonchev–Trinajstić information content (AvgIpc) is 2.36. The van der Waals surface area contributed by atoms with Gasteiger partial charge in [0.2, 0.25) is 17.6 Å². The molecule has 0 aromatic carbocycles. The number of pyridine rings is 1. The van der Waals surface area contributed by atoms with Crippen LogP contribution in [-0.4, -0.2) is 41.9 Å². The van der Waals surface area contributed by atoms with E-state index < -0.39 is 16.7 Å². The minimum absolute atomic E-state index is 0.0000463. The molecule has 2 amide bonds. The second kappa shape index (κ2) is 4.88. The van der Waals surface area contributed by atoms with Crippen LogP contribution in [0.3, 0.4) is 0 Å². The SMILES string of the molecule is CNc1ccc([N+](=O)[O-])c(N2CC(=O)NC(=O)C2)n1. The topological polar surface area (TPSA) is 117 Å². The van der Waals surface area contributed by atoms with Crippen LogP contribution in [0.5, 0.6) is 0 Å². The summed E-state index contributed by atoms with van der Waals surface area (Å²) in [6, 6.07) is 2.73. The van der Waals surface area contributed by atoms with Crippen LogP contribution in [0.1, 0.15) is 0 Å². The van der Waals surface area contributed by atoms with Crippen LogP contribution in [0.15, 0.2) is 12.1 Å². The lowest BCUT2D eigenvalue weighted by Gasteiger charge is -2.26. The number of nitrogens with one attached hydrogen (secondary N) is 2. The Morgan fingerprint density at radius 3 is 2.53 bits per heavy atom. The molecule has 1 saturated heterocycles. The summed E-state index contributed by atoms with van der Waals surface area (Å²) in [5.74, 6) is -0.608. The molecule has 0 aliphatic carbocycles. The van der Waals surface area contributed by atoms with Gasteiger partial charge in [-0.15, -0.1) is 0 Å². The van der Waals surface area contributed by atoms with Crippen LogP contribution in [0, 0.1) is 10.1 Å². The van der Waals surface area contributed by atoms with Crippen molar-refractivity contribution in [1.29, 1.82) is 0 Å². The van der Waals surface area contributed by atoms with Crippen molar-refractivity contribution >= 4 is 29.1 Å². The molecule has 1 aliphatic heterocycles. The number of imide groups is 1. The average molecular weight is 265 g/mol. The largest absolute Gasteiger partial charge is 0.373 e. The summed E-state index contributed by atoms with van der Waals surface area (Å²) in [7, 11) is 1.62. The van der Waals surface area contributed by atoms with Gasteiger partial charge in [0, 0.05) is 13.1 Å². The molecule has 100 valence electrons. The monoisotopic (exact) mass is 265 g/mol. The van der Waals surface area contributed by atoms with Crippen LogP contribution in [0.25, 0.3) is 0 Å². The summed E-state index contributed by atoms with van der Waals surface area (Å²) in [6.07, 6.45) is 0. The number of piperazine rings is 1. The quantitative estimate of drug-likeness (QED) is 0.429. The van der Waals surface area contributed by atoms with Crippen molar-refractivity contribution < 1.29 is 14.5 Å². The molecule has 0 spiro atoms. The van der Waals surface area contributed by atoms with Crippen molar-refractivity contribution in [2.75, 3.05) is 30.4 Å². The van der Waals surface area contributed by atoms with Crippen LogP contribution < -0.4 is 15.5 Å². The summed E-state index contributed by atoms with van der Waals surface area (Å²) in [5.41, 5.74) is -0.249. The number of rotatable bonds is 3. The maximum atomic E-state index is 11.3. The molecule has 1 aromatic heterocycles. The number of anilines is 2. The number of amides is 2. The molecular weight excluding hydrogens is 254 g/mol. The highest BCUT2D eigenvalue weighted by Gasteiger charge is 2.29. The lowest BCUT2D eigenvalue weighted by Crippen LogP contribution is -2.51. The van der Waals surface area contributed by atoms with Gasteiger partial charge in [-0.2, -0.15) is 0 Å². The second-order valence-electron chi connectivity index (χ2n) is 3.87. The molecule has 9 nitrogen and oxygen atoms in total. The standard InChI is InChI=1S/C10H11N5O4/c1-11-7-3-2-6(15(18)19)10(12-7)14-4-8(16)13-9(17)5-14/h2-3H,4-5H2,1H3,(H,11,12)(H,13,16,17). The minimum Gasteiger partial charge on any atom is -0.373 e. The number of nitro groups is 1. The van der Waals surface area contributed by atoms with Gasteiger partial charge in [0.1, 0.15) is 5.82 Å². The summed E-state index contributed by atoms with van der Waals surface area (Å²) in [5, 5.41) is 15.8. The lowest BCUT2D eigenvalue weighted by molar-refractivity contribution is -0.384. The van der Waals surface area contributed by atoms with Gasteiger partial charge in [-0.1, -0.05) is 0 Å². The van der Waals surface area contributed by atoms with E-state index in [1.807, 2.05) is 0 Å². The zero-order valence-electron chi connectivity index (χ0n) is 10.0. The van der Waals surface area contributed by atoms with Crippen LogP contribution in [0.4, 0.5) is 17.3 Å². The first-order chi connectivity index (χ1) is 9.01. The Morgan fingerprint density at radius 2 is 2.00 bits per heavy atom. The van der Waals surface area contributed by atoms with Crippen molar-refractivity contribution in [2.24, 2.45) is 0 Å². The van der Waals surface area contributed by atoms with E-state index >= 15 is 0 Å². The number of aromatic nitrogens is 1. The van der Waals surface area contributed by atoms with E-state index in [1.165, 1.54) is 17.0 Å². The number of hydrogen-bond donors (Lipinski definition) is 2. The third kappa shape index (κ3) is 2.59. The Labute approximate surface area is 107 Å². The highest BCUT2D eigenvalue weighted by Crippen LogP contribution is 2.27. The zero-order valence-corrected chi connectivity index (χ0v) is 10.0. The summed E-state index contributed by atoms with van der Waals surface area (Å²) in [6.45, 7) is -0.292. The molecule has 0 saturated carbocycles. The molecule has 0 unspecified atom stereocenters. The van der Waals surface area contributed by atoms with Gasteiger partial charge in [-0.3, -0.25) is 25.0 Å². The van der Waals surface area contributed by atoms with Crippen molar-refractivity contribution in [3.63, 3.8) is 0 Å². The normalized spacial score (nSPS) is 15.1. The predicted molar refractivity (Wildman–Crippen MR) is 65.8 cm³/mol. The Balaban J connectivity index is 2.43. The van der Waals surface area contributed by atoms with Crippen molar-refractivity contribution in [3.05, 3.63) is 22.2 Å². The van der Waals surface area contributed by atoms with Crippen LogP contribution in [-0.2, 0) is 9.59 Å². The van der Waals surface area contributed by atoms with Crippen molar-refractivity contribution in [1.82, 2.24) is 10.3 Å². The molecule has 1 fully saturated rings. The highest BCUT2D eigenvalue weighted by atomic mass is 16.6. The molecule has 0 atom stereocenters. The highest BCUT2D eigenvalue weighted by molar-refractivity contribution is 6.02. The molecule has 2 heterocycles. The molecule has 0 bridgehead atoms. The Kier molecular flexibility index (Phi) is 3.27. The number of nitrogens with zero attached hydrogens (tertiary/aromatic N) is 3. The van der Waals surface area contributed by atoms with Crippen molar-refractivity contribution in [2.45, 2.75) is 0 Å². The number of carbonyl (C=O) groups is 2. The van der Waals surface area contributed by atoms with E-state index in [1.54, 1.807) is 7.05 Å². The molecule has 2 rings (SSSR count). The van der Waals surface area contributed by atoms with Crippen molar-refractivity contribution in [3.8, 4) is 0 Å². The summed E-state index contributed by atoms with van der Waals surface area (Å²) >= 11 is 0. The van der Waals surface area contributed by atoms with Gasteiger partial charge in [-0.25, -0.2) is 4.98 Å². The fourth-order valence-corrected chi connectivity index (χ4v) is 1.74. The fraction of sp³-hybridized carbons (Fsp3) is 0.300. The molecule has 19 heavy (non-hydrogen) atoms. The van der Waals surface area contributed by atoms with E-state index in [4.69, 9.17) is 0 Å². The molecule has 9 heteroatoms. The number of hydrogen-bond acceptors (Lipinski definition) is 7. The Hall–Kier alpha value is -2.71. The van der Waals surface area contributed by atoms with Gasteiger partial charge >= 0.3 is 5.69 Å². The van der Waals surface area contributed by atoms with E-state index in [0.717, 1.165) is 0 Å².